The Balaban J connectivity index is 1.16. The molecule has 4 heteroatoms. The molecule has 0 saturated heterocycles. The number of hydrogen-bond donors (Lipinski definition) is 1. The van der Waals surface area contributed by atoms with Crippen LogP contribution >= 0.6 is 7.49 Å². The standard InChI is InChI=1S/C47H35N2OP/c50-51(40-20-9-3-10-21-40,41-22-11-4-12-23-41)42-31-29-35(30-32-42)34-25-27-36(28-26-34)44-33-38-17-13-14-24-43(38)47-45(44)46(37-15-5-1-6-16-37)48-49(47)39-18-7-2-8-19-39/h1-33,50-51H. The van der Waals surface area contributed by atoms with Crippen molar-refractivity contribution in [3.63, 3.8) is 0 Å². The summed E-state index contributed by atoms with van der Waals surface area (Å²) in [6, 6.07) is 69.3. The van der Waals surface area contributed by atoms with Crippen LogP contribution in [0.1, 0.15) is 0 Å². The van der Waals surface area contributed by atoms with Gasteiger partial charge in [0.1, 0.15) is 0 Å². The van der Waals surface area contributed by atoms with E-state index in [1.54, 1.807) is 0 Å². The van der Waals surface area contributed by atoms with Gasteiger partial charge in [-0.1, -0.05) is 66.7 Å². The van der Waals surface area contributed by atoms with Crippen molar-refractivity contribution in [3.8, 4) is 39.2 Å². The molecule has 0 saturated carbocycles. The number of para-hydroxylation sites is 1. The quantitative estimate of drug-likeness (QED) is 0.171. The van der Waals surface area contributed by atoms with Gasteiger partial charge in [0.25, 0.3) is 0 Å². The summed E-state index contributed by atoms with van der Waals surface area (Å²) in [5.41, 5.74) is 8.67. The molecule has 0 spiro atoms. The third kappa shape index (κ3) is 5.45. The van der Waals surface area contributed by atoms with Crippen molar-refractivity contribution in [2.24, 2.45) is 0 Å². The van der Waals surface area contributed by atoms with Crippen LogP contribution in [0.3, 0.4) is 0 Å². The van der Waals surface area contributed by atoms with Crippen molar-refractivity contribution in [1.82, 2.24) is 9.78 Å². The summed E-state index contributed by atoms with van der Waals surface area (Å²) in [7, 11) is -3.17. The van der Waals surface area contributed by atoms with Gasteiger partial charge in [0.05, 0.1) is 5.69 Å². The summed E-state index contributed by atoms with van der Waals surface area (Å²) >= 11 is 0. The fourth-order valence-corrected chi connectivity index (χ4v) is 10.4. The van der Waals surface area contributed by atoms with Crippen LogP contribution in [0.25, 0.3) is 60.9 Å². The molecule has 0 amide bonds. The molecule has 51 heavy (non-hydrogen) atoms. The van der Waals surface area contributed by atoms with E-state index in [0.717, 1.165) is 66.0 Å². The van der Waals surface area contributed by atoms with Crippen LogP contribution in [-0.4, -0.2) is 14.7 Å². The van der Waals surface area contributed by atoms with Gasteiger partial charge in [-0.05, 0) is 12.1 Å². The van der Waals surface area contributed by atoms with Crippen LogP contribution in [0, 0.1) is 0 Å². The van der Waals surface area contributed by atoms with Crippen molar-refractivity contribution < 1.29 is 4.89 Å². The second-order valence-electron chi connectivity index (χ2n) is 12.9. The van der Waals surface area contributed by atoms with Crippen molar-refractivity contribution in [1.29, 1.82) is 0 Å². The Morgan fingerprint density at radius 3 is 1.51 bits per heavy atom. The number of nitrogens with zero attached hydrogens (tertiary/aromatic N) is 2. The summed E-state index contributed by atoms with van der Waals surface area (Å²) in [5, 5.41) is 11.7. The molecule has 0 aliphatic heterocycles. The average molecular weight is 675 g/mol. The van der Waals surface area contributed by atoms with Crippen LogP contribution in [0.2, 0.25) is 0 Å². The SMILES string of the molecule is O[PH](c1ccccc1)(c1ccccc1)c1ccc(-c2ccc(-c3cc4ccccc4c4c3c(-c3ccccc3)nn4-c3ccccc3)cc2)cc1. The molecule has 1 aromatic heterocycles. The monoisotopic (exact) mass is 674 g/mol. The van der Waals surface area contributed by atoms with Crippen molar-refractivity contribution in [2.75, 3.05) is 0 Å². The molecule has 0 bridgehead atoms. The van der Waals surface area contributed by atoms with E-state index in [1.807, 2.05) is 72.8 Å². The number of hydrogen-bond acceptors (Lipinski definition) is 2. The summed E-state index contributed by atoms with van der Waals surface area (Å²) in [6.07, 6.45) is 0. The number of aromatic nitrogens is 2. The van der Waals surface area contributed by atoms with E-state index in [0.29, 0.717) is 0 Å². The molecule has 1 N–H and O–H groups in total. The Bertz CT molecular complexity index is 2560. The molecule has 0 fully saturated rings. The first-order valence-electron chi connectivity index (χ1n) is 17.3. The topological polar surface area (TPSA) is 38.1 Å². The zero-order valence-corrected chi connectivity index (χ0v) is 28.9. The summed E-state index contributed by atoms with van der Waals surface area (Å²) in [6.45, 7) is 0. The molecule has 244 valence electrons. The summed E-state index contributed by atoms with van der Waals surface area (Å²) in [5.74, 6) is 0. The minimum atomic E-state index is -3.17. The van der Waals surface area contributed by atoms with E-state index in [-0.39, 0.29) is 0 Å². The van der Waals surface area contributed by atoms with E-state index in [2.05, 4.69) is 132 Å². The summed E-state index contributed by atoms with van der Waals surface area (Å²) < 4.78 is 2.11. The first-order valence-corrected chi connectivity index (χ1v) is 19.2. The molecule has 9 aromatic rings. The molecule has 8 aromatic carbocycles. The van der Waals surface area contributed by atoms with Gasteiger partial charge in [-0.3, -0.25) is 0 Å². The first-order chi connectivity index (χ1) is 25.2. The van der Waals surface area contributed by atoms with Gasteiger partial charge >= 0.3 is 215 Å². The molecule has 0 unspecified atom stereocenters. The number of benzene rings is 8. The van der Waals surface area contributed by atoms with Gasteiger partial charge in [0.2, 0.25) is 0 Å². The number of rotatable bonds is 7. The molecule has 0 aliphatic rings. The zero-order valence-electron chi connectivity index (χ0n) is 27.9. The van der Waals surface area contributed by atoms with Crippen LogP contribution in [0.5, 0.6) is 0 Å². The van der Waals surface area contributed by atoms with Gasteiger partial charge in [-0.25, -0.2) is 0 Å². The Hall–Kier alpha value is -6.12. The van der Waals surface area contributed by atoms with Crippen molar-refractivity contribution in [3.05, 3.63) is 200 Å². The molecule has 0 atom stereocenters. The van der Waals surface area contributed by atoms with Crippen LogP contribution in [0.15, 0.2) is 200 Å². The van der Waals surface area contributed by atoms with Crippen molar-refractivity contribution >= 4 is 45.1 Å². The maximum absolute atomic E-state index is 12.4. The minimum absolute atomic E-state index is 0.961. The van der Waals surface area contributed by atoms with E-state index in [1.165, 1.54) is 10.8 Å². The van der Waals surface area contributed by atoms with Crippen molar-refractivity contribution in [2.45, 2.75) is 0 Å². The first kappa shape index (κ1) is 30.9. The third-order valence-electron chi connectivity index (χ3n) is 9.93. The average Bonchev–Trinajstić information content (AvgIpc) is 3.63. The molecule has 1 heterocycles. The van der Waals surface area contributed by atoms with Crippen LogP contribution in [0.4, 0.5) is 0 Å². The molecular weight excluding hydrogens is 640 g/mol. The van der Waals surface area contributed by atoms with E-state index in [4.69, 9.17) is 5.10 Å². The predicted octanol–water partition coefficient (Wildman–Crippen LogP) is 10.1. The van der Waals surface area contributed by atoms with E-state index in [9.17, 15) is 4.89 Å². The fraction of sp³-hybridized carbons (Fsp3) is 0. The fourth-order valence-electron chi connectivity index (χ4n) is 7.37. The van der Waals surface area contributed by atoms with E-state index >= 15 is 0 Å². The Morgan fingerprint density at radius 1 is 0.431 bits per heavy atom. The zero-order chi connectivity index (χ0) is 34.2. The van der Waals surface area contributed by atoms with Gasteiger partial charge in [0, 0.05) is 0 Å². The van der Waals surface area contributed by atoms with Crippen LogP contribution < -0.4 is 15.9 Å². The van der Waals surface area contributed by atoms with Gasteiger partial charge in [0.15, 0.2) is 0 Å². The van der Waals surface area contributed by atoms with Crippen LogP contribution in [-0.2, 0) is 0 Å². The van der Waals surface area contributed by atoms with Gasteiger partial charge in [-0.15, -0.1) is 0 Å². The van der Waals surface area contributed by atoms with E-state index < -0.39 is 7.49 Å². The summed E-state index contributed by atoms with van der Waals surface area (Å²) in [4.78, 5) is 12.4. The Kier molecular flexibility index (Phi) is 7.86. The number of fused-ring (bicyclic) bond motifs is 3. The third-order valence-corrected chi connectivity index (χ3v) is 13.4. The molecule has 0 radical (unpaired) electrons. The second kappa shape index (κ2) is 13.0. The second-order valence-corrected chi connectivity index (χ2v) is 16.1. The van der Waals surface area contributed by atoms with Gasteiger partial charge < -0.3 is 0 Å². The Morgan fingerprint density at radius 2 is 0.902 bits per heavy atom. The molecule has 3 nitrogen and oxygen atoms in total. The van der Waals surface area contributed by atoms with Gasteiger partial charge in [-0.2, -0.15) is 0 Å². The molecule has 9 rings (SSSR count). The predicted molar refractivity (Wildman–Crippen MR) is 217 cm³/mol. The molecular formula is C47H35N2OP. The maximum atomic E-state index is 12.4. The Labute approximate surface area is 298 Å². The normalized spacial score (nSPS) is 11.9. The molecule has 0 aliphatic carbocycles.